The lowest BCUT2D eigenvalue weighted by atomic mass is 9.84. The lowest BCUT2D eigenvalue weighted by molar-refractivity contribution is 0.00578. The summed E-state index contributed by atoms with van der Waals surface area (Å²) in [5.41, 5.74) is 10.6. The third kappa shape index (κ3) is 5.40. The van der Waals surface area contributed by atoms with Crippen LogP contribution in [0.4, 0.5) is 11.4 Å². The molecule has 1 amide bonds. The maximum absolute atomic E-state index is 12.8. The molecule has 0 aliphatic carbocycles. The molecule has 8 heteroatoms. The molecule has 1 aliphatic rings. The van der Waals surface area contributed by atoms with Gasteiger partial charge in [0.05, 0.1) is 28.2 Å². The largest absolute Gasteiger partial charge is 0.514 e. The van der Waals surface area contributed by atoms with Crippen LogP contribution in [0.15, 0.2) is 60.8 Å². The molecule has 0 atom stereocenters. The van der Waals surface area contributed by atoms with Crippen LogP contribution in [0.25, 0.3) is 11.1 Å². The van der Waals surface area contributed by atoms with Gasteiger partial charge in [0.15, 0.2) is 0 Å². The molecule has 2 heterocycles. The fraction of sp³-hybridized carbons (Fsp3) is 0.333. The normalized spacial score (nSPS) is 16.5. The SMILES string of the molecule is CN(C)Cc1ccc(C(=O)Nc2cc(-c3ccc(B4OC(C)(C)C(C)(C)O4)nc3)ccc2N)cc1. The van der Waals surface area contributed by atoms with Crippen LogP contribution < -0.4 is 16.6 Å². The zero-order valence-corrected chi connectivity index (χ0v) is 21.3. The second-order valence-electron chi connectivity index (χ2n) is 10.3. The second kappa shape index (κ2) is 9.45. The molecule has 1 aliphatic heterocycles. The van der Waals surface area contributed by atoms with Gasteiger partial charge in [0.25, 0.3) is 5.91 Å². The highest BCUT2D eigenvalue weighted by molar-refractivity contribution is 6.61. The number of amides is 1. The van der Waals surface area contributed by atoms with Gasteiger partial charge in [-0.1, -0.05) is 24.3 Å². The fourth-order valence-corrected chi connectivity index (χ4v) is 3.84. The molecular formula is C27H33BN4O3. The zero-order valence-electron chi connectivity index (χ0n) is 21.3. The number of nitrogens with zero attached hydrogens (tertiary/aromatic N) is 2. The number of nitrogens with two attached hydrogens (primary N) is 1. The average molecular weight is 472 g/mol. The van der Waals surface area contributed by atoms with Crippen molar-refractivity contribution in [2.45, 2.75) is 45.4 Å². The molecule has 0 saturated carbocycles. The van der Waals surface area contributed by atoms with Crippen LogP contribution in [0.3, 0.4) is 0 Å². The topological polar surface area (TPSA) is 89.7 Å². The number of anilines is 2. The maximum Gasteiger partial charge on any atom is 0.514 e. The Labute approximate surface area is 207 Å². The van der Waals surface area contributed by atoms with Gasteiger partial charge in [-0.15, -0.1) is 0 Å². The highest BCUT2D eigenvalue weighted by Gasteiger charge is 2.52. The summed E-state index contributed by atoms with van der Waals surface area (Å²) in [4.78, 5) is 19.5. The number of rotatable bonds is 6. The Kier molecular flexibility index (Phi) is 6.73. The summed E-state index contributed by atoms with van der Waals surface area (Å²) < 4.78 is 12.2. The van der Waals surface area contributed by atoms with Crippen LogP contribution in [0, 0.1) is 0 Å². The summed E-state index contributed by atoms with van der Waals surface area (Å²) in [7, 11) is 3.51. The summed E-state index contributed by atoms with van der Waals surface area (Å²) in [5.74, 6) is -0.209. The van der Waals surface area contributed by atoms with Crippen LogP contribution in [0.5, 0.6) is 0 Å². The lowest BCUT2D eigenvalue weighted by Gasteiger charge is -2.32. The fourth-order valence-electron chi connectivity index (χ4n) is 3.84. The van der Waals surface area contributed by atoms with Crippen molar-refractivity contribution >= 4 is 30.0 Å². The molecule has 4 rings (SSSR count). The van der Waals surface area contributed by atoms with E-state index in [9.17, 15) is 4.79 Å². The van der Waals surface area contributed by atoms with Crippen molar-refractivity contribution in [2.75, 3.05) is 25.1 Å². The standard InChI is InChI=1S/C27H33BN4O3/c1-26(2)27(3,4)35-28(34-26)24-14-12-21(16-30-24)20-11-13-22(29)23(15-20)31-25(33)19-9-7-18(8-10-19)17-32(5)6/h7-16H,17,29H2,1-6H3,(H,31,33). The summed E-state index contributed by atoms with van der Waals surface area (Å²) in [6.45, 7) is 8.89. The lowest BCUT2D eigenvalue weighted by Crippen LogP contribution is -2.41. The first-order valence-corrected chi connectivity index (χ1v) is 11.7. The molecule has 35 heavy (non-hydrogen) atoms. The number of hydrogen-bond donors (Lipinski definition) is 2. The number of hydrogen-bond acceptors (Lipinski definition) is 6. The van der Waals surface area contributed by atoms with Gasteiger partial charge in [-0.05, 0) is 83.2 Å². The van der Waals surface area contributed by atoms with Crippen molar-refractivity contribution in [2.24, 2.45) is 0 Å². The number of nitrogens with one attached hydrogen (secondary N) is 1. The van der Waals surface area contributed by atoms with E-state index in [0.717, 1.165) is 23.2 Å². The average Bonchev–Trinajstić information content (AvgIpc) is 3.02. The minimum Gasteiger partial charge on any atom is -0.398 e. The van der Waals surface area contributed by atoms with Gasteiger partial charge < -0.3 is 25.3 Å². The summed E-state index contributed by atoms with van der Waals surface area (Å²) >= 11 is 0. The molecule has 0 spiro atoms. The quantitative estimate of drug-likeness (QED) is 0.417. The number of pyridine rings is 1. The number of carbonyl (C=O) groups is 1. The van der Waals surface area contributed by atoms with Crippen LogP contribution in [0.2, 0.25) is 0 Å². The first-order chi connectivity index (χ1) is 16.4. The maximum atomic E-state index is 12.8. The van der Waals surface area contributed by atoms with Crippen molar-refractivity contribution in [1.29, 1.82) is 0 Å². The van der Waals surface area contributed by atoms with Crippen molar-refractivity contribution in [3.05, 3.63) is 71.9 Å². The molecule has 0 bridgehead atoms. The molecule has 7 nitrogen and oxygen atoms in total. The number of aromatic nitrogens is 1. The van der Waals surface area contributed by atoms with Gasteiger partial charge in [-0.25, -0.2) is 0 Å². The van der Waals surface area contributed by atoms with Gasteiger partial charge in [0, 0.05) is 23.9 Å². The van der Waals surface area contributed by atoms with Crippen molar-refractivity contribution in [3.8, 4) is 11.1 Å². The van der Waals surface area contributed by atoms with Crippen molar-refractivity contribution < 1.29 is 14.1 Å². The molecular weight excluding hydrogens is 439 g/mol. The Morgan fingerprint density at radius 2 is 1.60 bits per heavy atom. The monoisotopic (exact) mass is 472 g/mol. The highest BCUT2D eigenvalue weighted by Crippen LogP contribution is 2.36. The van der Waals surface area contributed by atoms with E-state index < -0.39 is 18.3 Å². The highest BCUT2D eigenvalue weighted by atomic mass is 16.7. The van der Waals surface area contributed by atoms with E-state index in [1.165, 1.54) is 0 Å². The minimum atomic E-state index is -0.514. The molecule has 1 fully saturated rings. The van der Waals surface area contributed by atoms with Gasteiger partial charge in [0.2, 0.25) is 0 Å². The smallest absolute Gasteiger partial charge is 0.398 e. The molecule has 3 aromatic rings. The van der Waals surface area contributed by atoms with Crippen molar-refractivity contribution in [3.63, 3.8) is 0 Å². The van der Waals surface area contributed by atoms with Crippen molar-refractivity contribution in [1.82, 2.24) is 9.88 Å². The first-order valence-electron chi connectivity index (χ1n) is 11.7. The van der Waals surface area contributed by atoms with Crippen LogP contribution in [0.1, 0.15) is 43.6 Å². The summed E-state index contributed by atoms with van der Waals surface area (Å²) in [6.07, 6.45) is 1.78. The van der Waals surface area contributed by atoms with Gasteiger partial charge in [-0.2, -0.15) is 0 Å². The van der Waals surface area contributed by atoms with Crippen LogP contribution in [-0.4, -0.2) is 48.2 Å². The Morgan fingerprint density at radius 1 is 0.971 bits per heavy atom. The molecule has 182 valence electrons. The Bertz CT molecular complexity index is 1190. The van der Waals surface area contributed by atoms with E-state index >= 15 is 0 Å². The first kappa shape index (κ1) is 24.9. The number of benzene rings is 2. The van der Waals surface area contributed by atoms with E-state index in [1.807, 2.05) is 90.3 Å². The van der Waals surface area contributed by atoms with Gasteiger partial charge >= 0.3 is 7.12 Å². The van der Waals surface area contributed by atoms with E-state index in [2.05, 4.69) is 15.2 Å². The van der Waals surface area contributed by atoms with Gasteiger partial charge in [0.1, 0.15) is 0 Å². The molecule has 0 radical (unpaired) electrons. The van der Waals surface area contributed by atoms with E-state index in [4.69, 9.17) is 15.0 Å². The molecule has 1 saturated heterocycles. The summed E-state index contributed by atoms with van der Waals surface area (Å²) in [5, 5.41) is 2.94. The van der Waals surface area contributed by atoms with E-state index in [1.54, 1.807) is 12.3 Å². The second-order valence-corrected chi connectivity index (χ2v) is 10.3. The number of carbonyl (C=O) groups excluding carboxylic acids is 1. The Morgan fingerprint density at radius 3 is 2.17 bits per heavy atom. The van der Waals surface area contributed by atoms with Crippen LogP contribution in [-0.2, 0) is 15.9 Å². The van der Waals surface area contributed by atoms with E-state index in [0.29, 0.717) is 22.5 Å². The molecule has 2 aromatic carbocycles. The molecule has 3 N–H and O–H groups in total. The van der Waals surface area contributed by atoms with Crippen LogP contribution >= 0.6 is 0 Å². The number of nitrogen functional groups attached to an aromatic ring is 1. The minimum absolute atomic E-state index is 0.209. The molecule has 1 aromatic heterocycles. The molecule has 0 unspecified atom stereocenters. The predicted molar refractivity (Wildman–Crippen MR) is 142 cm³/mol. The third-order valence-electron chi connectivity index (χ3n) is 6.63. The summed E-state index contributed by atoms with van der Waals surface area (Å²) in [6, 6.07) is 17.0. The predicted octanol–water partition coefficient (Wildman–Crippen LogP) is 3.94. The third-order valence-corrected chi connectivity index (χ3v) is 6.63. The Hall–Kier alpha value is -3.20. The Balaban J connectivity index is 1.49. The van der Waals surface area contributed by atoms with Gasteiger partial charge in [-0.3, -0.25) is 9.78 Å². The van der Waals surface area contributed by atoms with E-state index in [-0.39, 0.29) is 5.91 Å². The zero-order chi connectivity index (χ0) is 25.4.